The molecule has 1 unspecified atom stereocenters. The molecule has 1 N–H and O–H groups in total. The monoisotopic (exact) mass is 469 g/mol. The minimum Gasteiger partial charge on any atom is -0.320 e. The van der Waals surface area contributed by atoms with Crippen LogP contribution in [0.1, 0.15) is 18.1 Å². The first-order valence-corrected chi connectivity index (χ1v) is 10.4. The molecular weight excluding hydrogens is 457 g/mol. The number of anilines is 1. The fourth-order valence-corrected chi connectivity index (χ4v) is 4.16. The van der Waals surface area contributed by atoms with E-state index >= 15 is 0 Å². The summed E-state index contributed by atoms with van der Waals surface area (Å²) in [5.74, 6) is -2.87. The molecule has 0 saturated carbocycles. The highest BCUT2D eigenvalue weighted by Gasteiger charge is 2.36. The van der Waals surface area contributed by atoms with E-state index in [-0.39, 0.29) is 10.7 Å². The highest BCUT2D eigenvalue weighted by atomic mass is 32.2. The molecular formula is C20H12F5N3OS2. The van der Waals surface area contributed by atoms with Crippen molar-refractivity contribution in [1.82, 2.24) is 4.98 Å². The maximum Gasteiger partial charge on any atom is 0.417 e. The number of halogens is 5. The summed E-state index contributed by atoms with van der Waals surface area (Å²) < 4.78 is 68.2. The molecule has 0 aliphatic heterocycles. The number of rotatable bonds is 5. The minimum absolute atomic E-state index is 0.00317. The second kappa shape index (κ2) is 9.03. The molecule has 0 bridgehead atoms. The van der Waals surface area contributed by atoms with Crippen molar-refractivity contribution < 1.29 is 26.7 Å². The molecule has 3 rings (SSSR count). The Balaban J connectivity index is 1.97. The van der Waals surface area contributed by atoms with Gasteiger partial charge < -0.3 is 5.32 Å². The van der Waals surface area contributed by atoms with Crippen LogP contribution in [0, 0.1) is 23.0 Å². The van der Waals surface area contributed by atoms with Gasteiger partial charge in [0, 0.05) is 0 Å². The molecule has 4 nitrogen and oxygen atoms in total. The number of nitriles is 1. The standard InChI is InChI=1S/C20H12F5N3OS2/c1-10(18(29)28-17-13(21)4-2-5-14(17)22)31-19-11(9-26)12(20(23,24)25)8-15(27-19)16-6-3-7-30-16/h2-8,10H,1H3,(H,28,29). The number of hydrogen-bond donors (Lipinski definition) is 1. The summed E-state index contributed by atoms with van der Waals surface area (Å²) >= 11 is 1.75. The number of thioether (sulfide) groups is 1. The summed E-state index contributed by atoms with van der Waals surface area (Å²) in [4.78, 5) is 17.0. The highest BCUT2D eigenvalue weighted by molar-refractivity contribution is 8.00. The first kappa shape index (κ1) is 22.7. The molecule has 0 aliphatic rings. The number of aromatic nitrogens is 1. The van der Waals surface area contributed by atoms with Gasteiger partial charge in [-0.25, -0.2) is 13.8 Å². The van der Waals surface area contributed by atoms with Gasteiger partial charge in [0.2, 0.25) is 5.91 Å². The number of thiophene rings is 1. The van der Waals surface area contributed by atoms with Crippen molar-refractivity contribution in [2.24, 2.45) is 0 Å². The van der Waals surface area contributed by atoms with E-state index < -0.39 is 45.8 Å². The zero-order valence-electron chi connectivity index (χ0n) is 15.6. The smallest absolute Gasteiger partial charge is 0.320 e. The Hall–Kier alpha value is -2.97. The molecule has 2 heterocycles. The number of carbonyl (C=O) groups is 1. The minimum atomic E-state index is -4.82. The number of amides is 1. The van der Waals surface area contributed by atoms with Gasteiger partial charge in [-0.2, -0.15) is 18.4 Å². The van der Waals surface area contributed by atoms with Gasteiger partial charge in [-0.05, 0) is 36.6 Å². The lowest BCUT2D eigenvalue weighted by Crippen LogP contribution is -2.24. The molecule has 0 radical (unpaired) electrons. The molecule has 1 amide bonds. The Kier molecular flexibility index (Phi) is 6.62. The van der Waals surface area contributed by atoms with Gasteiger partial charge in [0.15, 0.2) is 0 Å². The van der Waals surface area contributed by atoms with Gasteiger partial charge in [0.25, 0.3) is 0 Å². The molecule has 160 valence electrons. The van der Waals surface area contributed by atoms with Crippen LogP contribution in [-0.2, 0) is 11.0 Å². The van der Waals surface area contributed by atoms with E-state index in [1.165, 1.54) is 13.0 Å². The van der Waals surface area contributed by atoms with Gasteiger partial charge in [-0.15, -0.1) is 11.3 Å². The van der Waals surface area contributed by atoms with Gasteiger partial charge in [-0.1, -0.05) is 23.9 Å². The Morgan fingerprint density at radius 2 is 1.90 bits per heavy atom. The van der Waals surface area contributed by atoms with E-state index in [9.17, 15) is 32.0 Å². The summed E-state index contributed by atoms with van der Waals surface area (Å²) in [6.45, 7) is 1.33. The number of para-hydroxylation sites is 1. The van der Waals surface area contributed by atoms with E-state index in [2.05, 4.69) is 10.3 Å². The molecule has 1 atom stereocenters. The summed E-state index contributed by atoms with van der Waals surface area (Å²) in [5, 5.41) is 11.7. The van der Waals surface area contributed by atoms with Crippen molar-refractivity contribution >= 4 is 34.7 Å². The van der Waals surface area contributed by atoms with Gasteiger partial charge in [0.1, 0.15) is 28.4 Å². The maximum atomic E-state index is 13.8. The quantitative estimate of drug-likeness (QED) is 0.362. The molecule has 0 aliphatic carbocycles. The number of nitrogens with one attached hydrogen (secondary N) is 1. The van der Waals surface area contributed by atoms with Crippen molar-refractivity contribution in [2.75, 3.05) is 5.32 Å². The van der Waals surface area contributed by atoms with Crippen LogP contribution in [0.2, 0.25) is 0 Å². The molecule has 1 aromatic carbocycles. The molecule has 0 saturated heterocycles. The van der Waals surface area contributed by atoms with Crippen molar-refractivity contribution in [3.8, 4) is 16.6 Å². The van der Waals surface area contributed by atoms with Crippen molar-refractivity contribution in [2.45, 2.75) is 23.4 Å². The number of benzene rings is 1. The number of alkyl halides is 3. The van der Waals surface area contributed by atoms with E-state index in [0.717, 1.165) is 35.6 Å². The highest BCUT2D eigenvalue weighted by Crippen LogP contribution is 2.39. The fourth-order valence-electron chi connectivity index (χ4n) is 2.55. The fraction of sp³-hybridized carbons (Fsp3) is 0.150. The zero-order valence-corrected chi connectivity index (χ0v) is 17.3. The third kappa shape index (κ3) is 5.03. The van der Waals surface area contributed by atoms with Crippen LogP contribution < -0.4 is 5.32 Å². The number of carbonyl (C=O) groups excluding carboxylic acids is 1. The van der Waals surface area contributed by atoms with E-state index in [1.807, 2.05) is 0 Å². The molecule has 11 heteroatoms. The summed E-state index contributed by atoms with van der Waals surface area (Å²) in [6, 6.07) is 8.52. The topological polar surface area (TPSA) is 65.8 Å². The molecule has 31 heavy (non-hydrogen) atoms. The SMILES string of the molecule is CC(Sc1nc(-c2cccs2)cc(C(F)(F)F)c1C#N)C(=O)Nc1c(F)cccc1F. The lowest BCUT2D eigenvalue weighted by Gasteiger charge is -2.16. The predicted molar refractivity (Wildman–Crippen MR) is 108 cm³/mol. The molecule has 0 spiro atoms. The average molecular weight is 469 g/mol. The Bertz CT molecular complexity index is 1140. The molecule has 3 aromatic rings. The predicted octanol–water partition coefficient (Wildman–Crippen LogP) is 6.10. The number of pyridine rings is 1. The zero-order chi connectivity index (χ0) is 22.8. The number of hydrogen-bond acceptors (Lipinski definition) is 5. The largest absolute Gasteiger partial charge is 0.417 e. The summed E-state index contributed by atoms with van der Waals surface area (Å²) in [6.07, 6.45) is -4.82. The average Bonchev–Trinajstić information content (AvgIpc) is 3.24. The lowest BCUT2D eigenvalue weighted by atomic mass is 10.1. The van der Waals surface area contributed by atoms with Crippen LogP contribution >= 0.6 is 23.1 Å². The third-order valence-corrected chi connectivity index (χ3v) is 6.02. The summed E-state index contributed by atoms with van der Waals surface area (Å²) in [5.41, 5.74) is -2.58. The van der Waals surface area contributed by atoms with Gasteiger partial charge in [0.05, 0.1) is 26.9 Å². The van der Waals surface area contributed by atoms with E-state index in [0.29, 0.717) is 16.6 Å². The lowest BCUT2D eigenvalue weighted by molar-refractivity contribution is -0.138. The summed E-state index contributed by atoms with van der Waals surface area (Å²) in [7, 11) is 0. The van der Waals surface area contributed by atoms with Crippen molar-refractivity contribution in [1.29, 1.82) is 5.26 Å². The first-order chi connectivity index (χ1) is 14.6. The van der Waals surface area contributed by atoms with Crippen LogP contribution in [0.3, 0.4) is 0 Å². The molecule has 0 fully saturated rings. The number of nitrogens with zero attached hydrogens (tertiary/aromatic N) is 2. The van der Waals surface area contributed by atoms with Crippen LogP contribution in [0.25, 0.3) is 10.6 Å². The van der Waals surface area contributed by atoms with Crippen LogP contribution in [-0.4, -0.2) is 16.1 Å². The maximum absolute atomic E-state index is 13.8. The van der Waals surface area contributed by atoms with E-state index in [1.54, 1.807) is 17.5 Å². The second-order valence-electron chi connectivity index (χ2n) is 6.17. The first-order valence-electron chi connectivity index (χ1n) is 8.59. The normalized spacial score (nSPS) is 12.3. The van der Waals surface area contributed by atoms with E-state index in [4.69, 9.17) is 0 Å². The second-order valence-corrected chi connectivity index (χ2v) is 8.45. The van der Waals surface area contributed by atoms with Crippen LogP contribution in [0.5, 0.6) is 0 Å². The van der Waals surface area contributed by atoms with Crippen LogP contribution in [0.4, 0.5) is 27.6 Å². The van der Waals surface area contributed by atoms with Gasteiger partial charge >= 0.3 is 6.18 Å². The molecule has 2 aromatic heterocycles. The Morgan fingerprint density at radius 1 is 1.23 bits per heavy atom. The van der Waals surface area contributed by atoms with Gasteiger partial charge in [-0.3, -0.25) is 4.79 Å². The third-order valence-electron chi connectivity index (χ3n) is 4.05. The van der Waals surface area contributed by atoms with Crippen molar-refractivity contribution in [3.63, 3.8) is 0 Å². The van der Waals surface area contributed by atoms with Crippen molar-refractivity contribution in [3.05, 3.63) is 64.5 Å². The van der Waals surface area contributed by atoms with Crippen LogP contribution in [0.15, 0.2) is 46.8 Å². The Labute approximate surface area is 181 Å². The Morgan fingerprint density at radius 3 is 2.45 bits per heavy atom.